The van der Waals surface area contributed by atoms with E-state index in [0.29, 0.717) is 32.4 Å². The second-order valence-corrected chi connectivity index (χ2v) is 4.82. The van der Waals surface area contributed by atoms with Gasteiger partial charge in [-0.25, -0.2) is 4.79 Å². The van der Waals surface area contributed by atoms with Crippen LogP contribution in [0.4, 0.5) is 0 Å². The number of allylic oxidation sites excluding steroid dienone is 1. The zero-order valence-electron chi connectivity index (χ0n) is 10.7. The highest BCUT2D eigenvalue weighted by atomic mass is 16.5. The van der Waals surface area contributed by atoms with E-state index in [1.807, 2.05) is 0 Å². The molecule has 0 N–H and O–H groups in total. The van der Waals surface area contributed by atoms with Gasteiger partial charge in [0.05, 0.1) is 6.61 Å². The van der Waals surface area contributed by atoms with Crippen LogP contribution in [-0.4, -0.2) is 41.3 Å². The molecule has 5 heteroatoms. The third-order valence-electron chi connectivity index (χ3n) is 3.51. The number of fused-ring (bicyclic) bond motifs is 1. The molecule has 0 aromatic carbocycles. The van der Waals surface area contributed by atoms with Crippen LogP contribution in [0.3, 0.4) is 0 Å². The van der Waals surface area contributed by atoms with E-state index < -0.39 is 5.54 Å². The number of carbonyl (C=O) groups excluding carboxylic acids is 3. The maximum Gasteiger partial charge on any atom is 0.332 e. The summed E-state index contributed by atoms with van der Waals surface area (Å²) in [4.78, 5) is 36.6. The average molecular weight is 251 g/mol. The molecule has 0 aliphatic carbocycles. The summed E-state index contributed by atoms with van der Waals surface area (Å²) in [6.45, 7) is 3.89. The summed E-state index contributed by atoms with van der Waals surface area (Å²) in [6.07, 6.45) is 2.82. The van der Waals surface area contributed by atoms with Crippen molar-refractivity contribution in [3.05, 3.63) is 11.6 Å². The molecule has 0 aromatic heterocycles. The standard InChI is InChI=1S/C13H17NO4/c1-3-18-12(17)13-5-4-11(16)14(13)8-10(7-13)6-9(2)15/h6H,3-5,7-8H2,1-2H3/t13-/m0/s1. The highest BCUT2D eigenvalue weighted by molar-refractivity contribution is 5.95. The first-order valence-electron chi connectivity index (χ1n) is 6.17. The Bertz CT molecular complexity index is 440. The van der Waals surface area contributed by atoms with E-state index in [2.05, 4.69) is 0 Å². The van der Waals surface area contributed by atoms with Gasteiger partial charge in [0.1, 0.15) is 5.54 Å². The minimum absolute atomic E-state index is 0.0324. The zero-order chi connectivity index (χ0) is 13.3. The number of nitrogens with zero attached hydrogens (tertiary/aromatic N) is 1. The van der Waals surface area contributed by atoms with E-state index in [1.165, 1.54) is 13.0 Å². The molecule has 1 amide bonds. The first-order valence-corrected chi connectivity index (χ1v) is 6.17. The second-order valence-electron chi connectivity index (χ2n) is 4.82. The van der Waals surface area contributed by atoms with Crippen molar-refractivity contribution < 1.29 is 19.1 Å². The van der Waals surface area contributed by atoms with Crippen LogP contribution in [0.2, 0.25) is 0 Å². The molecule has 2 heterocycles. The Morgan fingerprint density at radius 3 is 2.83 bits per heavy atom. The average Bonchev–Trinajstić information content (AvgIpc) is 2.78. The van der Waals surface area contributed by atoms with Gasteiger partial charge >= 0.3 is 5.97 Å². The fourth-order valence-electron chi connectivity index (χ4n) is 2.81. The van der Waals surface area contributed by atoms with Gasteiger partial charge in [-0.05, 0) is 31.9 Å². The van der Waals surface area contributed by atoms with Gasteiger partial charge in [0.2, 0.25) is 5.91 Å². The fraction of sp³-hybridized carbons (Fsp3) is 0.615. The highest BCUT2D eigenvalue weighted by Gasteiger charge is 2.56. The largest absolute Gasteiger partial charge is 0.464 e. The Hall–Kier alpha value is -1.65. The lowest BCUT2D eigenvalue weighted by Crippen LogP contribution is -2.48. The van der Waals surface area contributed by atoms with Crippen LogP contribution in [-0.2, 0) is 19.1 Å². The van der Waals surface area contributed by atoms with Crippen LogP contribution in [0.15, 0.2) is 11.6 Å². The Labute approximate surface area is 106 Å². The molecule has 0 saturated carbocycles. The minimum Gasteiger partial charge on any atom is -0.464 e. The number of carbonyl (C=O) groups is 3. The Kier molecular flexibility index (Phi) is 3.24. The summed E-state index contributed by atoms with van der Waals surface area (Å²) < 4.78 is 5.09. The van der Waals surface area contributed by atoms with E-state index in [1.54, 1.807) is 11.8 Å². The van der Waals surface area contributed by atoms with Gasteiger partial charge in [0.25, 0.3) is 0 Å². The molecular weight excluding hydrogens is 234 g/mol. The molecule has 2 aliphatic rings. The minimum atomic E-state index is -0.853. The molecule has 98 valence electrons. The molecule has 2 fully saturated rings. The molecule has 0 radical (unpaired) electrons. The predicted octanol–water partition coefficient (Wildman–Crippen LogP) is 0.830. The Morgan fingerprint density at radius 1 is 1.50 bits per heavy atom. The summed E-state index contributed by atoms with van der Waals surface area (Å²) in [5, 5.41) is 0. The van der Waals surface area contributed by atoms with Gasteiger partial charge in [-0.1, -0.05) is 0 Å². The lowest BCUT2D eigenvalue weighted by molar-refractivity contribution is -0.157. The molecule has 0 bridgehead atoms. The molecule has 0 spiro atoms. The van der Waals surface area contributed by atoms with Crippen molar-refractivity contribution in [2.75, 3.05) is 13.2 Å². The highest BCUT2D eigenvalue weighted by Crippen LogP contribution is 2.42. The lowest BCUT2D eigenvalue weighted by Gasteiger charge is -2.28. The maximum atomic E-state index is 12.1. The molecule has 1 atom stereocenters. The first kappa shape index (κ1) is 12.8. The fourth-order valence-corrected chi connectivity index (χ4v) is 2.81. The van der Waals surface area contributed by atoms with Crippen LogP contribution in [0.25, 0.3) is 0 Å². The summed E-state index contributed by atoms with van der Waals surface area (Å²) in [6, 6.07) is 0. The van der Waals surface area contributed by atoms with Crippen molar-refractivity contribution in [1.82, 2.24) is 4.90 Å². The van der Waals surface area contributed by atoms with Crippen molar-refractivity contribution in [3.8, 4) is 0 Å². The van der Waals surface area contributed by atoms with E-state index in [9.17, 15) is 14.4 Å². The Morgan fingerprint density at radius 2 is 2.22 bits per heavy atom. The van der Waals surface area contributed by atoms with E-state index in [4.69, 9.17) is 4.74 Å². The summed E-state index contributed by atoms with van der Waals surface area (Å²) in [5.74, 6) is -0.435. The predicted molar refractivity (Wildman–Crippen MR) is 63.7 cm³/mol. The first-order chi connectivity index (χ1) is 8.49. The molecular formula is C13H17NO4. The molecule has 2 rings (SSSR count). The summed E-state index contributed by atoms with van der Waals surface area (Å²) in [7, 11) is 0. The van der Waals surface area contributed by atoms with Crippen molar-refractivity contribution in [2.45, 2.75) is 38.6 Å². The van der Waals surface area contributed by atoms with Gasteiger partial charge in [0, 0.05) is 19.4 Å². The number of amides is 1. The monoisotopic (exact) mass is 251 g/mol. The molecule has 2 saturated heterocycles. The van der Waals surface area contributed by atoms with Crippen LogP contribution in [0.5, 0.6) is 0 Å². The van der Waals surface area contributed by atoms with Gasteiger partial charge in [-0.3, -0.25) is 9.59 Å². The number of ketones is 1. The van der Waals surface area contributed by atoms with E-state index >= 15 is 0 Å². The summed E-state index contributed by atoms with van der Waals surface area (Å²) >= 11 is 0. The van der Waals surface area contributed by atoms with E-state index in [-0.39, 0.29) is 17.7 Å². The smallest absolute Gasteiger partial charge is 0.332 e. The van der Waals surface area contributed by atoms with Crippen LogP contribution >= 0.6 is 0 Å². The van der Waals surface area contributed by atoms with Gasteiger partial charge in [-0.15, -0.1) is 0 Å². The van der Waals surface area contributed by atoms with Gasteiger partial charge in [-0.2, -0.15) is 0 Å². The van der Waals surface area contributed by atoms with E-state index in [0.717, 1.165) is 5.57 Å². The number of hydrogen-bond acceptors (Lipinski definition) is 4. The van der Waals surface area contributed by atoms with Gasteiger partial charge in [0.15, 0.2) is 5.78 Å². The molecule has 0 unspecified atom stereocenters. The summed E-state index contributed by atoms with van der Waals surface area (Å²) in [5.41, 5.74) is -0.0161. The second kappa shape index (κ2) is 4.55. The number of esters is 1. The number of ether oxygens (including phenoxy) is 1. The zero-order valence-corrected chi connectivity index (χ0v) is 10.7. The third kappa shape index (κ3) is 1.94. The Balaban J connectivity index is 2.29. The van der Waals surface area contributed by atoms with Crippen molar-refractivity contribution in [2.24, 2.45) is 0 Å². The molecule has 0 aromatic rings. The maximum absolute atomic E-state index is 12.1. The normalized spacial score (nSPS) is 28.7. The van der Waals surface area contributed by atoms with Gasteiger partial charge < -0.3 is 9.64 Å². The molecule has 5 nitrogen and oxygen atoms in total. The van der Waals surface area contributed by atoms with Crippen LogP contribution in [0.1, 0.15) is 33.1 Å². The number of rotatable bonds is 3. The van der Waals surface area contributed by atoms with Crippen LogP contribution in [0, 0.1) is 0 Å². The SMILES string of the molecule is CCOC(=O)[C@@]12CCC(=O)N1CC(=CC(C)=O)C2. The lowest BCUT2D eigenvalue weighted by atomic mass is 9.92. The quantitative estimate of drug-likeness (QED) is 0.550. The number of hydrogen-bond donors (Lipinski definition) is 0. The van der Waals surface area contributed by atoms with Crippen LogP contribution < -0.4 is 0 Å². The van der Waals surface area contributed by atoms with Crippen molar-refractivity contribution in [1.29, 1.82) is 0 Å². The molecule has 18 heavy (non-hydrogen) atoms. The third-order valence-corrected chi connectivity index (χ3v) is 3.51. The topological polar surface area (TPSA) is 63.7 Å². The molecule has 2 aliphatic heterocycles. The van der Waals surface area contributed by atoms with Crippen molar-refractivity contribution in [3.63, 3.8) is 0 Å². The van der Waals surface area contributed by atoms with Crippen molar-refractivity contribution >= 4 is 17.7 Å².